The van der Waals surface area contributed by atoms with Gasteiger partial charge in [-0.15, -0.1) is 0 Å². The van der Waals surface area contributed by atoms with E-state index in [9.17, 15) is 14.4 Å². The van der Waals surface area contributed by atoms with Crippen LogP contribution in [0.1, 0.15) is 25.3 Å². The third kappa shape index (κ3) is 8.13. The van der Waals surface area contributed by atoms with Crippen LogP contribution in [0.15, 0.2) is 71.2 Å². The van der Waals surface area contributed by atoms with Crippen molar-refractivity contribution in [1.82, 2.24) is 0 Å². The van der Waals surface area contributed by atoms with Crippen LogP contribution in [0.3, 0.4) is 0 Å². The van der Waals surface area contributed by atoms with E-state index in [1.807, 2.05) is 31.2 Å². The summed E-state index contributed by atoms with van der Waals surface area (Å²) in [6, 6.07) is 19.6. The standard InChI is InChI=1S/C27H27BrN2O6/c1-3-18-16-19(28)8-13-22(18)30-26(32)17-35-27(33)15-14-25(31)29-20-9-11-21(12-10-20)36-24-7-5-4-6-23(24)34-2/h4-13,16H,3,14-15,17H2,1-2H3,(H,29,31)(H,30,32). The third-order valence-electron chi connectivity index (χ3n) is 5.08. The maximum absolute atomic E-state index is 12.2. The number of esters is 1. The Labute approximate surface area is 218 Å². The first-order valence-electron chi connectivity index (χ1n) is 11.3. The van der Waals surface area contributed by atoms with Crippen LogP contribution in [-0.2, 0) is 25.5 Å². The van der Waals surface area contributed by atoms with E-state index in [1.54, 1.807) is 49.6 Å². The van der Waals surface area contributed by atoms with Crippen LogP contribution in [0, 0.1) is 0 Å². The van der Waals surface area contributed by atoms with Gasteiger partial charge in [0.15, 0.2) is 18.1 Å². The second-order valence-electron chi connectivity index (χ2n) is 7.69. The van der Waals surface area contributed by atoms with Gasteiger partial charge in [-0.1, -0.05) is 35.0 Å². The molecular weight excluding hydrogens is 528 g/mol. The molecule has 3 aromatic carbocycles. The van der Waals surface area contributed by atoms with Gasteiger partial charge in [0.1, 0.15) is 5.75 Å². The van der Waals surface area contributed by atoms with Gasteiger partial charge in [0.2, 0.25) is 5.91 Å². The predicted molar refractivity (Wildman–Crippen MR) is 140 cm³/mol. The zero-order chi connectivity index (χ0) is 25.9. The Balaban J connectivity index is 1.40. The number of rotatable bonds is 11. The van der Waals surface area contributed by atoms with Crippen molar-refractivity contribution >= 4 is 45.1 Å². The van der Waals surface area contributed by atoms with E-state index in [2.05, 4.69) is 26.6 Å². The summed E-state index contributed by atoms with van der Waals surface area (Å²) in [5.41, 5.74) is 2.18. The predicted octanol–water partition coefficient (Wildman–Crippen LogP) is 5.71. The molecule has 36 heavy (non-hydrogen) atoms. The summed E-state index contributed by atoms with van der Waals surface area (Å²) in [4.78, 5) is 36.3. The minimum Gasteiger partial charge on any atom is -0.493 e. The van der Waals surface area contributed by atoms with Gasteiger partial charge in [0.25, 0.3) is 5.91 Å². The number of benzene rings is 3. The van der Waals surface area contributed by atoms with Gasteiger partial charge < -0.3 is 24.8 Å². The van der Waals surface area contributed by atoms with Crippen LogP contribution >= 0.6 is 15.9 Å². The molecule has 0 aliphatic rings. The summed E-state index contributed by atoms with van der Waals surface area (Å²) < 4.78 is 17.0. The summed E-state index contributed by atoms with van der Waals surface area (Å²) in [6.07, 6.45) is 0.515. The molecule has 0 bridgehead atoms. The van der Waals surface area contributed by atoms with Crippen molar-refractivity contribution in [1.29, 1.82) is 0 Å². The smallest absolute Gasteiger partial charge is 0.306 e. The largest absolute Gasteiger partial charge is 0.493 e. The number of nitrogens with one attached hydrogen (secondary N) is 2. The highest BCUT2D eigenvalue weighted by Crippen LogP contribution is 2.31. The Bertz CT molecular complexity index is 1210. The first-order chi connectivity index (χ1) is 17.4. The summed E-state index contributed by atoms with van der Waals surface area (Å²) in [5.74, 6) is 0.336. The summed E-state index contributed by atoms with van der Waals surface area (Å²) in [5, 5.41) is 5.45. The first kappa shape index (κ1) is 26.7. The van der Waals surface area contributed by atoms with E-state index >= 15 is 0 Å². The zero-order valence-electron chi connectivity index (χ0n) is 20.0. The lowest BCUT2D eigenvalue weighted by atomic mass is 10.1. The molecule has 0 aliphatic carbocycles. The molecule has 0 unspecified atom stereocenters. The second-order valence-corrected chi connectivity index (χ2v) is 8.61. The quantitative estimate of drug-likeness (QED) is 0.294. The van der Waals surface area contributed by atoms with Crippen molar-refractivity contribution < 1.29 is 28.6 Å². The van der Waals surface area contributed by atoms with Crippen molar-refractivity contribution in [2.24, 2.45) is 0 Å². The number of halogens is 1. The molecule has 3 rings (SSSR count). The highest BCUT2D eigenvalue weighted by Gasteiger charge is 2.12. The Hall–Kier alpha value is -3.85. The minimum atomic E-state index is -0.632. The molecule has 0 heterocycles. The molecule has 188 valence electrons. The molecule has 8 nitrogen and oxygen atoms in total. The molecular formula is C27H27BrN2O6. The van der Waals surface area contributed by atoms with E-state index in [0.29, 0.717) is 28.6 Å². The van der Waals surface area contributed by atoms with E-state index in [-0.39, 0.29) is 18.7 Å². The van der Waals surface area contributed by atoms with Gasteiger partial charge in [0.05, 0.1) is 13.5 Å². The van der Waals surface area contributed by atoms with E-state index in [0.717, 1.165) is 16.5 Å². The van der Waals surface area contributed by atoms with Crippen molar-refractivity contribution in [2.45, 2.75) is 26.2 Å². The lowest BCUT2D eigenvalue weighted by Gasteiger charge is -2.11. The average molecular weight is 555 g/mol. The number of anilines is 2. The molecule has 0 atom stereocenters. The second kappa shape index (κ2) is 13.3. The number of hydrogen-bond donors (Lipinski definition) is 2. The van der Waals surface area contributed by atoms with Crippen molar-refractivity contribution in [3.63, 3.8) is 0 Å². The molecule has 9 heteroatoms. The maximum Gasteiger partial charge on any atom is 0.306 e. The monoisotopic (exact) mass is 554 g/mol. The maximum atomic E-state index is 12.2. The Kier molecular flexibility index (Phi) is 9.88. The fourth-order valence-corrected chi connectivity index (χ4v) is 3.67. The van der Waals surface area contributed by atoms with Crippen LogP contribution in [-0.4, -0.2) is 31.5 Å². The Morgan fingerprint density at radius 1 is 0.861 bits per heavy atom. The van der Waals surface area contributed by atoms with Crippen molar-refractivity contribution in [2.75, 3.05) is 24.4 Å². The van der Waals surface area contributed by atoms with E-state index < -0.39 is 18.5 Å². The van der Waals surface area contributed by atoms with Gasteiger partial charge in [-0.3, -0.25) is 14.4 Å². The van der Waals surface area contributed by atoms with Crippen LogP contribution in [0.5, 0.6) is 17.2 Å². The van der Waals surface area contributed by atoms with E-state index in [4.69, 9.17) is 14.2 Å². The number of ether oxygens (including phenoxy) is 3. The first-order valence-corrected chi connectivity index (χ1v) is 12.1. The number of methoxy groups -OCH3 is 1. The molecule has 0 saturated carbocycles. The molecule has 2 amide bonds. The molecule has 0 fully saturated rings. The molecule has 0 radical (unpaired) electrons. The number of carbonyl (C=O) groups excluding carboxylic acids is 3. The molecule has 3 aromatic rings. The number of para-hydroxylation sites is 2. The number of hydrogen-bond acceptors (Lipinski definition) is 6. The highest BCUT2D eigenvalue weighted by molar-refractivity contribution is 9.10. The van der Waals surface area contributed by atoms with Gasteiger partial charge in [-0.25, -0.2) is 0 Å². The number of aryl methyl sites for hydroxylation is 1. The van der Waals surface area contributed by atoms with Gasteiger partial charge in [0, 0.05) is 22.3 Å². The molecule has 2 N–H and O–H groups in total. The minimum absolute atomic E-state index is 0.0768. The third-order valence-corrected chi connectivity index (χ3v) is 5.57. The topological polar surface area (TPSA) is 103 Å². The van der Waals surface area contributed by atoms with Gasteiger partial charge >= 0.3 is 5.97 Å². The lowest BCUT2D eigenvalue weighted by Crippen LogP contribution is -2.22. The Morgan fingerprint density at radius 2 is 1.58 bits per heavy atom. The normalized spacial score (nSPS) is 10.3. The van der Waals surface area contributed by atoms with Gasteiger partial charge in [-0.2, -0.15) is 0 Å². The fraction of sp³-hybridized carbons (Fsp3) is 0.222. The van der Waals surface area contributed by atoms with Crippen LogP contribution < -0.4 is 20.1 Å². The molecule has 0 spiro atoms. The van der Waals surface area contributed by atoms with Crippen molar-refractivity contribution in [3.05, 3.63) is 76.8 Å². The summed E-state index contributed by atoms with van der Waals surface area (Å²) in [6.45, 7) is 1.56. The highest BCUT2D eigenvalue weighted by atomic mass is 79.9. The van der Waals surface area contributed by atoms with Crippen LogP contribution in [0.4, 0.5) is 11.4 Å². The number of amides is 2. The molecule has 0 aliphatic heterocycles. The molecule has 0 saturated heterocycles. The van der Waals surface area contributed by atoms with Crippen LogP contribution in [0.2, 0.25) is 0 Å². The molecule has 0 aromatic heterocycles. The zero-order valence-corrected chi connectivity index (χ0v) is 21.6. The fourth-order valence-electron chi connectivity index (χ4n) is 3.26. The average Bonchev–Trinajstić information content (AvgIpc) is 2.88. The Morgan fingerprint density at radius 3 is 2.28 bits per heavy atom. The lowest BCUT2D eigenvalue weighted by molar-refractivity contribution is -0.147. The summed E-state index contributed by atoms with van der Waals surface area (Å²) in [7, 11) is 1.57. The van der Waals surface area contributed by atoms with Crippen LogP contribution in [0.25, 0.3) is 0 Å². The van der Waals surface area contributed by atoms with Crippen molar-refractivity contribution in [3.8, 4) is 17.2 Å². The number of carbonyl (C=O) groups is 3. The SMILES string of the molecule is CCc1cc(Br)ccc1NC(=O)COC(=O)CCC(=O)Nc1ccc(Oc2ccccc2OC)cc1. The van der Waals surface area contributed by atoms with Gasteiger partial charge in [-0.05, 0) is 66.6 Å². The van der Waals surface area contributed by atoms with E-state index in [1.165, 1.54) is 0 Å². The summed E-state index contributed by atoms with van der Waals surface area (Å²) >= 11 is 3.40.